The number of hydrogen-bond donors (Lipinski definition) is 0. The predicted octanol–water partition coefficient (Wildman–Crippen LogP) is 5.07. The average Bonchev–Trinajstić information content (AvgIpc) is 2.41. The molecule has 90 valence electrons. The van der Waals surface area contributed by atoms with Crippen LogP contribution in [-0.4, -0.2) is 0 Å². The van der Waals surface area contributed by atoms with Gasteiger partial charge in [-0.1, -0.05) is 60.6 Å². The second-order valence-electron chi connectivity index (χ2n) is 4.81. The summed E-state index contributed by atoms with van der Waals surface area (Å²) in [6, 6.07) is 10.8. The monoisotopic (exact) mass is 226 g/mol. The molecule has 0 heteroatoms. The van der Waals surface area contributed by atoms with E-state index in [1.807, 2.05) is 0 Å². The highest BCUT2D eigenvalue weighted by Gasteiger charge is 1.98. The smallest absolute Gasteiger partial charge is 0.0279 e. The van der Waals surface area contributed by atoms with Gasteiger partial charge in [-0.25, -0.2) is 0 Å². The molecule has 0 spiro atoms. The second-order valence-corrected chi connectivity index (χ2v) is 4.81. The maximum atomic E-state index is 2.40. The zero-order valence-corrected chi connectivity index (χ0v) is 10.6. The highest BCUT2D eigenvalue weighted by molar-refractivity contribution is 5.21. The molecule has 0 atom stereocenters. The predicted molar refractivity (Wildman–Crippen MR) is 75.1 cm³/mol. The Kier molecular flexibility index (Phi) is 5.09. The van der Waals surface area contributed by atoms with Crippen molar-refractivity contribution in [2.75, 3.05) is 0 Å². The summed E-state index contributed by atoms with van der Waals surface area (Å²) in [6.45, 7) is 0. The minimum atomic E-state index is 1.23. The Balaban J connectivity index is 1.58. The number of rotatable bonds is 6. The van der Waals surface area contributed by atoms with Crippen LogP contribution in [0.1, 0.15) is 44.1 Å². The quantitative estimate of drug-likeness (QED) is 0.594. The lowest BCUT2D eigenvalue weighted by Gasteiger charge is -2.06. The first-order valence-electron chi connectivity index (χ1n) is 6.84. The number of unbranched alkanes of at least 4 members (excludes halogenated alkanes) is 2. The molecule has 0 aliphatic heterocycles. The van der Waals surface area contributed by atoms with Crippen molar-refractivity contribution in [2.24, 2.45) is 0 Å². The minimum Gasteiger partial charge on any atom is -0.0840 e. The van der Waals surface area contributed by atoms with Crippen molar-refractivity contribution in [2.45, 2.75) is 44.9 Å². The normalized spacial score (nSPS) is 14.7. The Bertz CT molecular complexity index is 370. The molecular weight excluding hydrogens is 204 g/mol. The first kappa shape index (κ1) is 12.2. The number of benzene rings is 1. The molecule has 2 rings (SSSR count). The molecular formula is C17H22. The number of hydrogen-bond acceptors (Lipinski definition) is 0. The van der Waals surface area contributed by atoms with Gasteiger partial charge in [0, 0.05) is 0 Å². The molecule has 0 amide bonds. The summed E-state index contributed by atoms with van der Waals surface area (Å²) in [6.07, 6.45) is 16.0. The van der Waals surface area contributed by atoms with E-state index >= 15 is 0 Å². The van der Waals surface area contributed by atoms with Crippen molar-refractivity contribution >= 4 is 0 Å². The van der Waals surface area contributed by atoms with Crippen LogP contribution in [0.15, 0.2) is 54.1 Å². The summed E-state index contributed by atoms with van der Waals surface area (Å²) in [4.78, 5) is 0. The molecule has 0 heterocycles. The Morgan fingerprint density at radius 1 is 0.824 bits per heavy atom. The van der Waals surface area contributed by atoms with Crippen molar-refractivity contribution < 1.29 is 0 Å². The van der Waals surface area contributed by atoms with Crippen LogP contribution >= 0.6 is 0 Å². The van der Waals surface area contributed by atoms with Gasteiger partial charge in [-0.3, -0.25) is 0 Å². The molecule has 1 aliphatic rings. The van der Waals surface area contributed by atoms with Crippen molar-refractivity contribution in [1.29, 1.82) is 0 Å². The lowest BCUT2D eigenvalue weighted by atomic mass is 10.00. The zero-order valence-electron chi connectivity index (χ0n) is 10.6. The van der Waals surface area contributed by atoms with Crippen LogP contribution in [-0.2, 0) is 6.42 Å². The summed E-state index contributed by atoms with van der Waals surface area (Å²) in [5.41, 5.74) is 3.03. The molecule has 0 nitrogen and oxygen atoms in total. The van der Waals surface area contributed by atoms with Crippen molar-refractivity contribution in [3.8, 4) is 0 Å². The summed E-state index contributed by atoms with van der Waals surface area (Å²) in [5.74, 6) is 0. The van der Waals surface area contributed by atoms with E-state index in [9.17, 15) is 0 Å². The van der Waals surface area contributed by atoms with Gasteiger partial charge in [0.1, 0.15) is 0 Å². The van der Waals surface area contributed by atoms with Crippen LogP contribution in [0.25, 0.3) is 0 Å². The molecule has 0 fully saturated rings. The molecule has 1 aromatic rings. The van der Waals surface area contributed by atoms with Gasteiger partial charge in [0.05, 0.1) is 0 Å². The van der Waals surface area contributed by atoms with Gasteiger partial charge in [-0.05, 0) is 44.1 Å². The van der Waals surface area contributed by atoms with E-state index < -0.39 is 0 Å². The largest absolute Gasteiger partial charge is 0.0840 e. The van der Waals surface area contributed by atoms with E-state index in [0.717, 1.165) is 0 Å². The van der Waals surface area contributed by atoms with E-state index in [4.69, 9.17) is 0 Å². The third-order valence-corrected chi connectivity index (χ3v) is 3.35. The van der Waals surface area contributed by atoms with Crippen molar-refractivity contribution in [1.82, 2.24) is 0 Å². The van der Waals surface area contributed by atoms with Gasteiger partial charge in [-0.15, -0.1) is 0 Å². The third kappa shape index (κ3) is 4.60. The Morgan fingerprint density at radius 2 is 1.65 bits per heavy atom. The first-order valence-corrected chi connectivity index (χ1v) is 6.84. The number of aryl methyl sites for hydroxylation is 1. The Hall–Kier alpha value is -1.30. The van der Waals surface area contributed by atoms with E-state index in [2.05, 4.69) is 48.6 Å². The van der Waals surface area contributed by atoms with E-state index in [1.54, 1.807) is 5.57 Å². The van der Waals surface area contributed by atoms with Gasteiger partial charge >= 0.3 is 0 Å². The molecule has 0 saturated carbocycles. The summed E-state index contributed by atoms with van der Waals surface area (Å²) in [7, 11) is 0. The van der Waals surface area contributed by atoms with Crippen LogP contribution < -0.4 is 0 Å². The van der Waals surface area contributed by atoms with Crippen LogP contribution in [0.3, 0.4) is 0 Å². The van der Waals surface area contributed by atoms with Crippen LogP contribution in [0.5, 0.6) is 0 Å². The van der Waals surface area contributed by atoms with Gasteiger partial charge in [-0.2, -0.15) is 0 Å². The van der Waals surface area contributed by atoms with E-state index in [1.165, 1.54) is 50.5 Å². The van der Waals surface area contributed by atoms with Crippen molar-refractivity contribution in [3.63, 3.8) is 0 Å². The molecule has 0 unspecified atom stereocenters. The lowest BCUT2D eigenvalue weighted by Crippen LogP contribution is -1.88. The van der Waals surface area contributed by atoms with Gasteiger partial charge < -0.3 is 0 Å². The molecule has 0 saturated heterocycles. The second kappa shape index (κ2) is 7.11. The summed E-state index contributed by atoms with van der Waals surface area (Å²) in [5, 5.41) is 0. The van der Waals surface area contributed by atoms with Gasteiger partial charge in [0.25, 0.3) is 0 Å². The SMILES string of the molecule is C1=CC(CCCCCc2ccccc2)=CCC1. The maximum absolute atomic E-state index is 2.40. The molecule has 0 N–H and O–H groups in total. The molecule has 1 aliphatic carbocycles. The summed E-state index contributed by atoms with van der Waals surface area (Å²) >= 11 is 0. The highest BCUT2D eigenvalue weighted by Crippen LogP contribution is 2.17. The average molecular weight is 226 g/mol. The van der Waals surface area contributed by atoms with Gasteiger partial charge in [0.2, 0.25) is 0 Å². The van der Waals surface area contributed by atoms with E-state index in [-0.39, 0.29) is 0 Å². The fraction of sp³-hybridized carbons (Fsp3) is 0.412. The minimum absolute atomic E-state index is 1.23. The zero-order chi connectivity index (χ0) is 11.8. The summed E-state index contributed by atoms with van der Waals surface area (Å²) < 4.78 is 0. The lowest BCUT2D eigenvalue weighted by molar-refractivity contribution is 0.677. The number of allylic oxidation sites excluding steroid dienone is 4. The topological polar surface area (TPSA) is 0 Å². The first-order chi connectivity index (χ1) is 8.45. The molecule has 0 aromatic heterocycles. The standard InChI is InChI=1S/C17H22/c1-4-10-16(11-5-1)14-8-3-9-15-17-12-6-2-7-13-17/h1,4-6,10-13H,2-3,7-9,14-15H2. The van der Waals surface area contributed by atoms with Gasteiger partial charge in [0.15, 0.2) is 0 Å². The van der Waals surface area contributed by atoms with Crippen LogP contribution in [0.4, 0.5) is 0 Å². The molecule has 0 radical (unpaired) electrons. The third-order valence-electron chi connectivity index (χ3n) is 3.35. The van der Waals surface area contributed by atoms with Crippen molar-refractivity contribution in [3.05, 3.63) is 59.7 Å². The van der Waals surface area contributed by atoms with Crippen LogP contribution in [0.2, 0.25) is 0 Å². The Labute approximate surface area is 105 Å². The maximum Gasteiger partial charge on any atom is -0.0279 e. The molecule has 0 bridgehead atoms. The molecule has 17 heavy (non-hydrogen) atoms. The highest BCUT2D eigenvalue weighted by atomic mass is 14.0. The molecule has 1 aromatic carbocycles. The fourth-order valence-electron chi connectivity index (χ4n) is 2.33. The van der Waals surface area contributed by atoms with Crippen LogP contribution in [0, 0.1) is 0 Å². The fourth-order valence-corrected chi connectivity index (χ4v) is 2.33. The van der Waals surface area contributed by atoms with E-state index in [0.29, 0.717) is 0 Å². The Morgan fingerprint density at radius 3 is 2.41 bits per heavy atom.